The van der Waals surface area contributed by atoms with Gasteiger partial charge in [-0.2, -0.15) is 36.3 Å². The molecule has 6 aromatic heterocycles. The summed E-state index contributed by atoms with van der Waals surface area (Å²) >= 11 is 22.7. The van der Waals surface area contributed by atoms with Gasteiger partial charge in [0.2, 0.25) is 23.6 Å². The first kappa shape index (κ1) is 89.5. The molecular weight excluding hydrogens is 1540 g/mol. The van der Waals surface area contributed by atoms with Crippen LogP contribution in [0.5, 0.6) is 0 Å². The molecule has 9 heterocycles. The number of rotatable bonds is 15. The van der Waals surface area contributed by atoms with E-state index in [0.29, 0.717) is 88.7 Å². The maximum absolute atomic E-state index is 12.8. The number of anilines is 3. The first-order chi connectivity index (χ1) is 50.3. The van der Waals surface area contributed by atoms with Crippen LogP contribution in [0.4, 0.5) is 17.8 Å². The number of Topliss-reactive ketones (excluding diaryl/α,β-unsaturated/α-hetero) is 3. The van der Waals surface area contributed by atoms with Gasteiger partial charge in [0.15, 0.2) is 55.5 Å². The van der Waals surface area contributed by atoms with Gasteiger partial charge in [0.05, 0.1) is 55.5 Å². The second-order valence-corrected chi connectivity index (χ2v) is 27.3. The van der Waals surface area contributed by atoms with Gasteiger partial charge < -0.3 is 114 Å². The van der Waals surface area contributed by atoms with Crippen LogP contribution in [-0.2, 0) is 33.4 Å². The summed E-state index contributed by atoms with van der Waals surface area (Å²) in [5.41, 5.74) is 22.3. The van der Waals surface area contributed by atoms with E-state index < -0.39 is 30.2 Å². The molecule has 0 spiro atoms. The number of nitrogens with one attached hydrogen (secondary N) is 1. The number of H-pyrrole nitrogens is 1. The zero-order valence-corrected chi connectivity index (χ0v) is 69.6. The van der Waals surface area contributed by atoms with Gasteiger partial charge in [0.1, 0.15) is 47.0 Å². The Morgan fingerprint density at radius 2 is 1.08 bits per heavy atom. The number of fused-ring (bicyclic) bond motifs is 6. The summed E-state index contributed by atoms with van der Waals surface area (Å²) in [4.78, 5) is 84.3. The Morgan fingerprint density at radius 3 is 1.52 bits per heavy atom. The fraction of sp³-hybridized carbons (Fsp3) is 0.580. The zero-order valence-electron chi connectivity index (χ0n) is 67.6. The Morgan fingerprint density at radius 1 is 0.623 bits per heavy atom. The molecule has 9 aliphatic rings. The van der Waals surface area contributed by atoms with Crippen LogP contribution < -0.4 is 82.6 Å². The molecule has 3 aliphatic heterocycles. The van der Waals surface area contributed by atoms with Crippen LogP contribution in [0.25, 0.3) is 33.5 Å². The number of aromatic amines is 1. The number of alkyl halides is 1. The summed E-state index contributed by atoms with van der Waals surface area (Å²) in [6.07, 6.45) is 11.1. The number of unbranched alkanes of at least 4 members (excludes halogenated alkanes) is 1. The summed E-state index contributed by atoms with van der Waals surface area (Å²) in [5.74, 6) is 0.906. The van der Waals surface area contributed by atoms with Crippen molar-refractivity contribution in [3.8, 4) is 0 Å². The van der Waals surface area contributed by atoms with Gasteiger partial charge in [0.25, 0.3) is 0 Å². The smallest absolute Gasteiger partial charge is 1.00 e. The number of halogens is 5. The number of nitrogens with two attached hydrogens (primary N) is 3. The Balaban J connectivity index is 0.000000655. The van der Waals surface area contributed by atoms with Crippen molar-refractivity contribution < 1.29 is 137 Å². The molecule has 572 valence electrons. The van der Waals surface area contributed by atoms with E-state index in [1.807, 2.05) is 20.8 Å². The number of nitrogens with zero attached hydrogens (tertiary/aromatic N) is 11. The summed E-state index contributed by atoms with van der Waals surface area (Å²) in [7, 11) is 0. The van der Waals surface area contributed by atoms with Crippen LogP contribution in [0.2, 0.25) is 15.5 Å². The van der Waals surface area contributed by atoms with E-state index in [-0.39, 0.29) is 240 Å². The van der Waals surface area contributed by atoms with E-state index in [1.165, 1.54) is 36.8 Å². The number of hydrogen-bond donors (Lipinski definition) is 11. The predicted octanol–water partition coefficient (Wildman–Crippen LogP) is -2.42. The maximum Gasteiger partial charge on any atom is 2.00 e. The molecule has 3 saturated heterocycles. The van der Waals surface area contributed by atoms with Crippen molar-refractivity contribution in [3.63, 3.8) is 0 Å². The minimum atomic E-state index is -0.681. The third-order valence-electron chi connectivity index (χ3n) is 19.7. The third kappa shape index (κ3) is 22.8. The Labute approximate surface area is 707 Å². The van der Waals surface area contributed by atoms with Crippen molar-refractivity contribution in [2.24, 2.45) is 59.2 Å². The molecule has 37 heteroatoms. The van der Waals surface area contributed by atoms with E-state index in [0.717, 1.165) is 30.4 Å². The first-order valence-electron chi connectivity index (χ1n) is 35.5. The number of aliphatic hydroxyl groups excluding tert-OH is 7. The predicted molar refractivity (Wildman–Crippen MR) is 395 cm³/mol. The largest absolute Gasteiger partial charge is 2.00 e. The molecule has 0 aromatic carbocycles. The number of ketones is 4. The van der Waals surface area contributed by atoms with Gasteiger partial charge in [-0.1, -0.05) is 122 Å². The Hall–Kier alpha value is -3.71. The molecule has 8 fully saturated rings. The number of imidazole rings is 3. The van der Waals surface area contributed by atoms with Crippen LogP contribution in [0.15, 0.2) is 67.6 Å². The van der Waals surface area contributed by atoms with Gasteiger partial charge in [-0.3, -0.25) is 19.2 Å². The van der Waals surface area contributed by atoms with Crippen LogP contribution in [0, 0.1) is 73.5 Å². The van der Waals surface area contributed by atoms with Crippen LogP contribution >= 0.6 is 46.4 Å². The Kier molecular flexibility index (Phi) is 37.6. The van der Waals surface area contributed by atoms with Crippen molar-refractivity contribution in [3.05, 3.63) is 97.4 Å². The van der Waals surface area contributed by atoms with Gasteiger partial charge in [-0.25, -0.2) is 15.0 Å². The molecule has 6 aliphatic carbocycles. The number of aromatic nitrogens is 12. The molecule has 15 rings (SSSR count). The van der Waals surface area contributed by atoms with Gasteiger partial charge in [-0.15, -0.1) is 11.6 Å². The summed E-state index contributed by atoms with van der Waals surface area (Å²) in [6.45, 7) is 32.4. The molecule has 106 heavy (non-hydrogen) atoms. The van der Waals surface area contributed by atoms with Gasteiger partial charge >= 0.3 is 71.5 Å². The van der Waals surface area contributed by atoms with Crippen molar-refractivity contribution in [1.29, 1.82) is 5.72 Å². The summed E-state index contributed by atoms with van der Waals surface area (Å²) in [6, 6.07) is -0.952. The topological polar surface area (TPSA) is 467 Å². The van der Waals surface area contributed by atoms with Crippen molar-refractivity contribution in [2.75, 3.05) is 49.5 Å². The average molecular weight is 1650 g/mol. The number of carbonyl (C=O) groups is 4. The molecule has 5 saturated carbocycles. The van der Waals surface area contributed by atoms with E-state index in [4.69, 9.17) is 95.1 Å². The summed E-state index contributed by atoms with van der Waals surface area (Å²) in [5, 5.41) is 46.7. The normalized spacial score (nSPS) is 31.0. The Bertz CT molecular complexity index is 4060. The zero-order chi connectivity index (χ0) is 78.5. The number of hydrogen-bond acceptors (Lipinski definition) is 26. The van der Waals surface area contributed by atoms with Crippen molar-refractivity contribution >= 4 is 144 Å². The molecule has 6 aromatic rings. The number of aliphatic hydroxyl groups is 7. The standard InChI is InChI=1S/C14H18ClN5O2.C14H16ClN5O2.C9H14O2.C8H12O3.C6H8O3.C6H8O2.C5H4ClN5.C4H9.C2H5Cl.CH3.BrH.Li.Mg.Na.H/c2*1-6-7(2)10(11(22)8(6)3-4-21)20-5-17-9-12(15)18-14(16)19-13(9)20;1-5-6(2)8-9(11-8)7(5)3-4-10;1-4-5(2-3-9)7-8(11-7)6(4)10;1-2-3(7)5-6(9-5)4(2)8;1-4-5(7)2-3-6(4)8;6-3-2-4(9-1-8-2)11-5(7)10-3;1-3-4-2;1-2-3;;;;;;/h5-6,8,10-11,21-22H,2-4H2,1H3,(H2,16,18,19);5-6,8,10,21H,2-4H2,1H3,(H2,16,18,19);5,7-10H,2-4H2,1H3;4-5,7-9H,2-3H2,1H3;2-3,5-7H,1H3;2-5,7H,1H3;1H,(H3,7,8,9,10,11);1,3-4H2,2H3;2H2,1H3;1H3;1H;;;;/q;;;;;;;-1;;-1;;+1;+2;+1;-1/p-1/t6-,8+,10+,11+;6-,8+,10+;5-,7+,8-,9+;4-,5-,7-,8+;2-,3-,5-,6+;4-,5+;;;;;;;;;/m000111........./s1/i2*21T;10T;9T;;;;;2T;;;;;;. The molecule has 0 radical (unpaired) electrons. The number of carbonyl (C=O) groups excluding carboxylic acids is 4. The van der Waals surface area contributed by atoms with E-state index in [9.17, 15) is 24.3 Å². The minimum Gasteiger partial charge on any atom is -1.00 e. The number of ether oxygens (including phenoxy) is 3. The molecule has 14 N–H and O–H groups in total. The second kappa shape index (κ2) is 44.5. The quantitative estimate of drug-likeness (QED) is 0.0127. The van der Waals surface area contributed by atoms with Gasteiger partial charge in [0, 0.05) is 57.3 Å². The molecule has 0 amide bonds. The first-order valence-corrected chi connectivity index (χ1v) is 34.8. The number of nitrogen functional groups attached to an aromatic ring is 3. The monoisotopic (exact) mass is 1640 g/mol. The van der Waals surface area contributed by atoms with E-state index >= 15 is 0 Å². The van der Waals surface area contributed by atoms with Crippen LogP contribution in [-0.4, -0.2) is 234 Å². The molecule has 29 nitrogen and oxygen atoms in total. The average Bonchev–Trinajstić information content (AvgIpc) is 1.48. The molecule has 0 bridgehead atoms. The van der Waals surface area contributed by atoms with E-state index in [2.05, 4.69) is 111 Å². The fourth-order valence-electron chi connectivity index (χ4n) is 13.3. The maximum atomic E-state index is 12.8. The number of allylic oxidation sites excluding steroid dienone is 2. The number of epoxide rings is 3. The van der Waals surface area contributed by atoms with Crippen molar-refractivity contribution in [2.45, 2.75) is 161 Å². The third-order valence-corrected chi connectivity index (χ3v) is 20.5. The van der Waals surface area contributed by atoms with Crippen molar-refractivity contribution in [1.82, 2.24) is 59.0 Å². The fourth-order valence-corrected chi connectivity index (χ4v) is 13.9. The van der Waals surface area contributed by atoms with E-state index in [1.54, 1.807) is 36.2 Å². The molecule has 1 unspecified atom stereocenters. The second-order valence-electron chi connectivity index (χ2n) is 25.8. The SMILES string of the molecule is C[C@H]1C(=O)C=C[C@@H]1O.C[C@H]1C(=O)[C@@H]2O[C@@H]2[C@@H]1O.Nc1nc(Cl)c2[nH]cnc2n1.[3H]C(C)Cl.[3H]OCC[C@H]1C(=O)[C@H](n2cnc3c(Cl)nc(N)nc32)C(=C)[C@@H]1C.[3H]OCC[C@H]1[C@@H](O)[C@H](n2cnc3c(Cl)nc(N)nc32)C(=C)[C@@H]1C.[3H]OCC[C@H]1[C@H]2O[C@H]2C(=C)[C@@H]1C.[3H]OCC[C@H]1[C@H]2O[C@H]2C(=O)[C@@H]1C.[Br-].[CH2-]CCC.[CH3-].[H-].[Li+].[Mg+2].[Na+]. The molecular formula is C69H98BrCl4LiMgN15NaO14. The summed E-state index contributed by atoms with van der Waals surface area (Å²) < 4.78 is 51.9. The van der Waals surface area contributed by atoms with Crippen LogP contribution in [0.3, 0.4) is 0 Å². The minimum absolute atomic E-state index is 0. The molecule has 22 atom stereocenters. The van der Waals surface area contributed by atoms with Gasteiger partial charge in [-0.05, 0) is 84.0 Å². The van der Waals surface area contributed by atoms with Crippen LogP contribution in [0.1, 0.15) is 109 Å².